The van der Waals surface area contributed by atoms with E-state index >= 15 is 0 Å². The molecule has 4 aromatic rings. The minimum absolute atomic E-state index is 0.0673. The molecule has 3 N–H and O–H groups in total. The van der Waals surface area contributed by atoms with Crippen LogP contribution in [0.1, 0.15) is 32.9 Å². The zero-order valence-electron chi connectivity index (χ0n) is 15.9. The summed E-state index contributed by atoms with van der Waals surface area (Å²) in [5, 5.41) is 3.67. The van der Waals surface area contributed by atoms with Gasteiger partial charge in [-0.1, -0.05) is 18.2 Å². The Hall–Kier alpha value is -3.45. The minimum Gasteiger partial charge on any atom is -0.366 e. The lowest BCUT2D eigenvalue weighted by atomic mass is 10.1. The van der Waals surface area contributed by atoms with E-state index < -0.39 is 5.91 Å². The Morgan fingerprint density at radius 1 is 1.14 bits per heavy atom. The summed E-state index contributed by atoms with van der Waals surface area (Å²) in [5.41, 5.74) is 10.8. The van der Waals surface area contributed by atoms with E-state index in [9.17, 15) is 9.59 Å². The highest BCUT2D eigenvalue weighted by Crippen LogP contribution is 2.22. The van der Waals surface area contributed by atoms with Crippen molar-refractivity contribution >= 4 is 33.9 Å². The van der Waals surface area contributed by atoms with E-state index in [-0.39, 0.29) is 12.3 Å². The number of aryl methyl sites for hydroxylation is 1. The summed E-state index contributed by atoms with van der Waals surface area (Å²) in [7, 11) is 0. The maximum atomic E-state index is 12.5. The van der Waals surface area contributed by atoms with Gasteiger partial charge in [-0.3, -0.25) is 9.59 Å². The van der Waals surface area contributed by atoms with Crippen LogP contribution in [0.2, 0.25) is 0 Å². The van der Waals surface area contributed by atoms with Crippen molar-refractivity contribution in [3.05, 3.63) is 88.9 Å². The van der Waals surface area contributed by atoms with Crippen molar-refractivity contribution in [2.45, 2.75) is 19.8 Å². The number of amides is 2. The average molecular weight is 404 g/mol. The van der Waals surface area contributed by atoms with Crippen LogP contribution in [0.15, 0.2) is 60.8 Å². The molecule has 0 saturated heterocycles. The zero-order chi connectivity index (χ0) is 20.4. The second-order valence-electron chi connectivity index (χ2n) is 6.91. The number of nitrogens with one attached hydrogen (secondary N) is 1. The first-order valence-electron chi connectivity index (χ1n) is 9.19. The molecule has 29 heavy (non-hydrogen) atoms. The number of rotatable bonds is 6. The van der Waals surface area contributed by atoms with Crippen LogP contribution in [-0.4, -0.2) is 20.6 Å². The van der Waals surface area contributed by atoms with Crippen molar-refractivity contribution in [3.63, 3.8) is 0 Å². The van der Waals surface area contributed by atoms with Crippen LogP contribution in [0.4, 0.5) is 5.00 Å². The molecule has 1 aromatic carbocycles. The van der Waals surface area contributed by atoms with Crippen molar-refractivity contribution < 1.29 is 9.59 Å². The number of hydrogen-bond donors (Lipinski definition) is 2. The fraction of sp³-hybridized carbons (Fsp3) is 0.136. The third kappa shape index (κ3) is 4.20. The molecule has 6 nitrogen and oxygen atoms in total. The monoisotopic (exact) mass is 404 g/mol. The number of aromatic nitrogens is 2. The van der Waals surface area contributed by atoms with Gasteiger partial charge in [-0.15, -0.1) is 0 Å². The highest BCUT2D eigenvalue weighted by Gasteiger charge is 2.14. The summed E-state index contributed by atoms with van der Waals surface area (Å²) >= 11 is 1.28. The Bertz CT molecular complexity index is 1190. The fourth-order valence-electron chi connectivity index (χ4n) is 3.35. The first-order chi connectivity index (χ1) is 14.0. The molecule has 0 saturated carbocycles. The van der Waals surface area contributed by atoms with Gasteiger partial charge in [-0.05, 0) is 66.0 Å². The Kier molecular flexibility index (Phi) is 5.14. The second kappa shape index (κ2) is 7.89. The molecule has 2 amide bonds. The number of nitrogens with two attached hydrogens (primary N) is 1. The molecule has 3 heterocycles. The highest BCUT2D eigenvalue weighted by atomic mass is 32.1. The molecule has 3 aromatic heterocycles. The van der Waals surface area contributed by atoms with Crippen LogP contribution in [-0.2, 0) is 17.6 Å². The Morgan fingerprint density at radius 3 is 2.62 bits per heavy atom. The molecule has 0 atom stereocenters. The predicted octanol–water partition coefficient (Wildman–Crippen LogP) is 3.58. The summed E-state index contributed by atoms with van der Waals surface area (Å²) in [6.07, 6.45) is 2.96. The van der Waals surface area contributed by atoms with Gasteiger partial charge in [0.2, 0.25) is 11.8 Å². The minimum atomic E-state index is -0.436. The van der Waals surface area contributed by atoms with Crippen molar-refractivity contribution in [2.75, 3.05) is 5.32 Å². The van der Waals surface area contributed by atoms with Gasteiger partial charge in [0.25, 0.3) is 0 Å². The van der Waals surface area contributed by atoms with Crippen LogP contribution < -0.4 is 11.1 Å². The molecule has 4 rings (SSSR count). The standard InChI is InChI=1S/C22H20N4O2S/c1-14-10-21(29-25-14)24-20(27)13-17-12-18(26-9-3-2-4-19(17)26)11-15-5-7-16(8-6-15)22(23)28/h2-10,12H,11,13H2,1H3,(H2,23,28)(H,24,27). The van der Waals surface area contributed by atoms with Crippen LogP contribution in [0.5, 0.6) is 0 Å². The van der Waals surface area contributed by atoms with Gasteiger partial charge in [0.05, 0.1) is 12.1 Å². The van der Waals surface area contributed by atoms with E-state index in [1.165, 1.54) is 11.5 Å². The average Bonchev–Trinajstić information content (AvgIpc) is 3.26. The predicted molar refractivity (Wildman–Crippen MR) is 114 cm³/mol. The Morgan fingerprint density at radius 2 is 1.93 bits per heavy atom. The van der Waals surface area contributed by atoms with E-state index in [0.29, 0.717) is 12.0 Å². The van der Waals surface area contributed by atoms with Gasteiger partial charge in [0.15, 0.2) is 0 Å². The van der Waals surface area contributed by atoms with E-state index in [0.717, 1.165) is 33.0 Å². The molecule has 0 fully saturated rings. The number of fused-ring (bicyclic) bond motifs is 1. The molecular formula is C22H20N4O2S. The number of anilines is 1. The SMILES string of the molecule is Cc1cc(NC(=O)Cc2cc(Cc3ccc(C(N)=O)cc3)n3ccccc23)sn1. The summed E-state index contributed by atoms with van der Waals surface area (Å²) < 4.78 is 6.29. The van der Waals surface area contributed by atoms with E-state index in [1.54, 1.807) is 12.1 Å². The summed E-state index contributed by atoms with van der Waals surface area (Å²) in [4.78, 5) is 23.8. The van der Waals surface area contributed by atoms with Crippen molar-refractivity contribution in [3.8, 4) is 0 Å². The number of carbonyl (C=O) groups is 2. The third-order valence-electron chi connectivity index (χ3n) is 4.70. The summed E-state index contributed by atoms with van der Waals surface area (Å²) in [5.74, 6) is -0.503. The lowest BCUT2D eigenvalue weighted by molar-refractivity contribution is -0.115. The maximum absolute atomic E-state index is 12.5. The van der Waals surface area contributed by atoms with Gasteiger partial charge in [-0.2, -0.15) is 4.37 Å². The van der Waals surface area contributed by atoms with E-state index in [2.05, 4.69) is 20.2 Å². The number of pyridine rings is 1. The molecule has 7 heteroatoms. The lowest BCUT2D eigenvalue weighted by Gasteiger charge is -2.04. The number of hydrogen-bond acceptors (Lipinski definition) is 4. The smallest absolute Gasteiger partial charge is 0.248 e. The van der Waals surface area contributed by atoms with Crippen molar-refractivity contribution in [1.82, 2.24) is 8.77 Å². The molecule has 0 unspecified atom stereocenters. The largest absolute Gasteiger partial charge is 0.366 e. The van der Waals surface area contributed by atoms with E-state index in [4.69, 9.17) is 5.73 Å². The molecule has 0 aliphatic rings. The molecule has 0 aliphatic heterocycles. The van der Waals surface area contributed by atoms with Crippen molar-refractivity contribution in [1.29, 1.82) is 0 Å². The molecule has 0 aliphatic carbocycles. The molecule has 0 spiro atoms. The number of primary amides is 1. The maximum Gasteiger partial charge on any atom is 0.248 e. The molecule has 0 bridgehead atoms. The fourth-order valence-corrected chi connectivity index (χ4v) is 4.03. The quantitative estimate of drug-likeness (QED) is 0.515. The van der Waals surface area contributed by atoms with Crippen molar-refractivity contribution in [2.24, 2.45) is 5.73 Å². The third-order valence-corrected chi connectivity index (χ3v) is 5.50. The second-order valence-corrected chi connectivity index (χ2v) is 7.72. The van der Waals surface area contributed by atoms with E-state index in [1.807, 2.05) is 49.5 Å². The summed E-state index contributed by atoms with van der Waals surface area (Å²) in [6, 6.07) is 17.2. The Labute approximate surface area is 172 Å². The van der Waals surface area contributed by atoms with Crippen LogP contribution in [0.25, 0.3) is 5.52 Å². The molecule has 146 valence electrons. The van der Waals surface area contributed by atoms with Gasteiger partial charge in [0.1, 0.15) is 5.00 Å². The topological polar surface area (TPSA) is 89.5 Å². The van der Waals surface area contributed by atoms with Gasteiger partial charge in [-0.25, -0.2) is 0 Å². The molecule has 0 radical (unpaired) electrons. The zero-order valence-corrected chi connectivity index (χ0v) is 16.7. The number of benzene rings is 1. The van der Waals surface area contributed by atoms with Crippen LogP contribution in [0, 0.1) is 6.92 Å². The van der Waals surface area contributed by atoms with Gasteiger partial charge >= 0.3 is 0 Å². The summed E-state index contributed by atoms with van der Waals surface area (Å²) in [6.45, 7) is 1.90. The first-order valence-corrected chi connectivity index (χ1v) is 9.96. The Balaban J connectivity index is 1.57. The van der Waals surface area contributed by atoms with Gasteiger partial charge < -0.3 is 15.5 Å². The lowest BCUT2D eigenvalue weighted by Crippen LogP contribution is -2.13. The van der Waals surface area contributed by atoms with Crippen LogP contribution >= 0.6 is 11.5 Å². The first kappa shape index (κ1) is 18.9. The number of carbonyl (C=O) groups excluding carboxylic acids is 2. The normalized spacial score (nSPS) is 10.9. The molecular weight excluding hydrogens is 384 g/mol. The number of nitrogens with zero attached hydrogens (tertiary/aromatic N) is 2. The van der Waals surface area contributed by atoms with Gasteiger partial charge in [0, 0.05) is 29.4 Å². The van der Waals surface area contributed by atoms with Crippen LogP contribution in [0.3, 0.4) is 0 Å². The highest BCUT2D eigenvalue weighted by molar-refractivity contribution is 7.10.